The molecular weight excluding hydrogens is 136 g/mol. The Labute approximate surface area is 66.0 Å². The highest BCUT2D eigenvalue weighted by molar-refractivity contribution is 6.10. The average Bonchev–Trinajstić information content (AvgIpc) is 2.05. The monoisotopic (exact) mass is 146 g/mol. The van der Waals surface area contributed by atoms with Gasteiger partial charge < -0.3 is 0 Å². The number of hydrogen-bond acceptors (Lipinski definition) is 1. The number of rotatable bonds is 1. The van der Waals surface area contributed by atoms with Gasteiger partial charge in [-0.15, -0.1) is 0 Å². The Kier molecular flexibility index (Phi) is 1.31. The first kappa shape index (κ1) is 6.59. The van der Waals surface area contributed by atoms with Crippen molar-refractivity contribution in [3.05, 3.63) is 35.4 Å². The normalized spacial score (nSPS) is 20.8. The summed E-state index contributed by atoms with van der Waals surface area (Å²) in [5.41, 5.74) is 2.17. The lowest BCUT2D eigenvalue weighted by atomic mass is 9.75. The first-order chi connectivity index (χ1) is 5.34. The van der Waals surface area contributed by atoms with Gasteiger partial charge in [0.05, 0.1) is 0 Å². The first-order valence-electron chi connectivity index (χ1n) is 3.97. The molecule has 0 radical (unpaired) electrons. The van der Waals surface area contributed by atoms with Crippen LogP contribution in [-0.2, 0) is 0 Å². The number of ketones is 1. The Balaban J connectivity index is 2.47. The van der Waals surface area contributed by atoms with Gasteiger partial charge in [-0.3, -0.25) is 4.79 Å². The molecule has 0 N–H and O–H groups in total. The van der Waals surface area contributed by atoms with Crippen LogP contribution in [0.4, 0.5) is 0 Å². The fourth-order valence-electron chi connectivity index (χ4n) is 1.68. The Morgan fingerprint density at radius 2 is 2.09 bits per heavy atom. The van der Waals surface area contributed by atoms with Crippen molar-refractivity contribution in [3.8, 4) is 0 Å². The van der Waals surface area contributed by atoms with Crippen molar-refractivity contribution >= 4 is 5.78 Å². The van der Waals surface area contributed by atoms with E-state index in [9.17, 15) is 4.79 Å². The molecule has 0 bridgehead atoms. The summed E-state index contributed by atoms with van der Waals surface area (Å²) in [5, 5.41) is 0. The molecule has 1 aliphatic carbocycles. The van der Waals surface area contributed by atoms with Crippen LogP contribution in [0.15, 0.2) is 24.3 Å². The second kappa shape index (κ2) is 2.19. The zero-order chi connectivity index (χ0) is 7.84. The molecule has 11 heavy (non-hydrogen) atoms. The smallest absolute Gasteiger partial charge is 0.170 e. The van der Waals surface area contributed by atoms with E-state index in [1.54, 1.807) is 0 Å². The van der Waals surface area contributed by atoms with Gasteiger partial charge in [0.1, 0.15) is 0 Å². The van der Waals surface area contributed by atoms with Gasteiger partial charge in [-0.1, -0.05) is 31.2 Å². The predicted molar refractivity (Wildman–Crippen MR) is 43.8 cm³/mol. The van der Waals surface area contributed by atoms with Gasteiger partial charge in [-0.25, -0.2) is 0 Å². The summed E-state index contributed by atoms with van der Waals surface area (Å²) >= 11 is 0. The molecule has 0 amide bonds. The maximum absolute atomic E-state index is 11.3. The third-order valence-corrected chi connectivity index (χ3v) is 2.33. The highest BCUT2D eigenvalue weighted by Gasteiger charge is 2.33. The maximum atomic E-state index is 11.3. The van der Waals surface area contributed by atoms with Crippen molar-refractivity contribution < 1.29 is 4.79 Å². The molecule has 0 aromatic heterocycles. The van der Waals surface area contributed by atoms with E-state index in [1.807, 2.05) is 24.3 Å². The van der Waals surface area contributed by atoms with Gasteiger partial charge in [0, 0.05) is 11.5 Å². The molecule has 0 saturated carbocycles. The average molecular weight is 146 g/mol. The van der Waals surface area contributed by atoms with E-state index in [1.165, 1.54) is 5.56 Å². The second-order valence-electron chi connectivity index (χ2n) is 2.91. The number of carbonyl (C=O) groups is 1. The van der Waals surface area contributed by atoms with Crippen molar-refractivity contribution in [2.75, 3.05) is 0 Å². The van der Waals surface area contributed by atoms with Crippen LogP contribution < -0.4 is 0 Å². The number of benzene rings is 1. The van der Waals surface area contributed by atoms with E-state index in [0.717, 1.165) is 12.0 Å². The zero-order valence-electron chi connectivity index (χ0n) is 6.50. The summed E-state index contributed by atoms with van der Waals surface area (Å²) in [6, 6.07) is 7.87. The van der Waals surface area contributed by atoms with Gasteiger partial charge in [-0.2, -0.15) is 0 Å². The summed E-state index contributed by atoms with van der Waals surface area (Å²) in [6.07, 6.45) is 0.940. The lowest BCUT2D eigenvalue weighted by Crippen LogP contribution is -2.25. The molecule has 0 heterocycles. The maximum Gasteiger partial charge on any atom is 0.170 e. The topological polar surface area (TPSA) is 17.1 Å². The van der Waals surface area contributed by atoms with Crippen molar-refractivity contribution in [1.29, 1.82) is 0 Å². The van der Waals surface area contributed by atoms with E-state index in [0.29, 0.717) is 5.78 Å². The van der Waals surface area contributed by atoms with Crippen LogP contribution in [-0.4, -0.2) is 5.78 Å². The molecule has 0 saturated heterocycles. The van der Waals surface area contributed by atoms with E-state index in [-0.39, 0.29) is 5.92 Å². The number of Topliss-reactive ketones (excluding diaryl/α,β-unsaturated/α-hetero) is 1. The lowest BCUT2D eigenvalue weighted by molar-refractivity contribution is 0.0924. The number of carbonyl (C=O) groups excluding carboxylic acids is 1. The number of fused-ring (bicyclic) bond motifs is 1. The van der Waals surface area contributed by atoms with Gasteiger partial charge >= 0.3 is 0 Å². The lowest BCUT2D eigenvalue weighted by Gasteiger charge is -2.26. The van der Waals surface area contributed by atoms with Crippen LogP contribution in [0.25, 0.3) is 0 Å². The SMILES string of the molecule is CCC1C(=O)c2ccccc21. The quantitative estimate of drug-likeness (QED) is 0.594. The van der Waals surface area contributed by atoms with E-state index >= 15 is 0 Å². The summed E-state index contributed by atoms with van der Waals surface area (Å²) < 4.78 is 0. The molecule has 1 unspecified atom stereocenters. The third-order valence-electron chi connectivity index (χ3n) is 2.33. The minimum atomic E-state index is 0.200. The van der Waals surface area contributed by atoms with Gasteiger partial charge in [0.25, 0.3) is 0 Å². The molecule has 1 aromatic carbocycles. The summed E-state index contributed by atoms with van der Waals surface area (Å²) in [4.78, 5) is 11.3. The van der Waals surface area contributed by atoms with Crippen LogP contribution in [0.2, 0.25) is 0 Å². The minimum absolute atomic E-state index is 0.200. The van der Waals surface area contributed by atoms with Crippen molar-refractivity contribution in [2.24, 2.45) is 0 Å². The molecule has 0 aliphatic heterocycles. The predicted octanol–water partition coefficient (Wildman–Crippen LogP) is 2.38. The van der Waals surface area contributed by atoms with E-state index in [4.69, 9.17) is 0 Å². The Bertz CT molecular complexity index is 301. The van der Waals surface area contributed by atoms with Crippen LogP contribution in [0.5, 0.6) is 0 Å². The molecule has 1 heteroatoms. The van der Waals surface area contributed by atoms with Gasteiger partial charge in [0.2, 0.25) is 0 Å². The molecule has 56 valence electrons. The molecule has 1 atom stereocenters. The number of hydrogen-bond donors (Lipinski definition) is 0. The van der Waals surface area contributed by atoms with E-state index in [2.05, 4.69) is 6.92 Å². The minimum Gasteiger partial charge on any atom is -0.293 e. The molecular formula is C10H10O. The fraction of sp³-hybridized carbons (Fsp3) is 0.300. The van der Waals surface area contributed by atoms with Crippen molar-refractivity contribution in [1.82, 2.24) is 0 Å². The summed E-state index contributed by atoms with van der Waals surface area (Å²) in [5.74, 6) is 0.523. The van der Waals surface area contributed by atoms with Crippen LogP contribution in [0.3, 0.4) is 0 Å². The van der Waals surface area contributed by atoms with Crippen molar-refractivity contribution in [3.63, 3.8) is 0 Å². The fourth-order valence-corrected chi connectivity index (χ4v) is 1.68. The van der Waals surface area contributed by atoms with Crippen LogP contribution >= 0.6 is 0 Å². The third kappa shape index (κ3) is 0.739. The summed E-state index contributed by atoms with van der Waals surface area (Å²) in [7, 11) is 0. The molecule has 1 nitrogen and oxygen atoms in total. The molecule has 1 aliphatic rings. The highest BCUT2D eigenvalue weighted by Crippen LogP contribution is 2.36. The summed E-state index contributed by atoms with van der Waals surface area (Å²) in [6.45, 7) is 2.05. The second-order valence-corrected chi connectivity index (χ2v) is 2.91. The molecule has 0 spiro atoms. The Hall–Kier alpha value is -1.11. The van der Waals surface area contributed by atoms with E-state index < -0.39 is 0 Å². The largest absolute Gasteiger partial charge is 0.293 e. The van der Waals surface area contributed by atoms with Crippen LogP contribution in [0.1, 0.15) is 35.2 Å². The Morgan fingerprint density at radius 1 is 1.36 bits per heavy atom. The van der Waals surface area contributed by atoms with Gasteiger partial charge in [0.15, 0.2) is 5.78 Å². The van der Waals surface area contributed by atoms with Gasteiger partial charge in [-0.05, 0) is 12.0 Å². The molecule has 0 fully saturated rings. The first-order valence-corrected chi connectivity index (χ1v) is 3.97. The molecule has 1 aromatic rings. The standard InChI is InChI=1S/C10H10O/c1-2-7-8-5-3-4-6-9(8)10(7)11/h3-7H,2H2,1H3. The Morgan fingerprint density at radius 3 is 2.82 bits per heavy atom. The van der Waals surface area contributed by atoms with Crippen molar-refractivity contribution in [2.45, 2.75) is 19.3 Å². The zero-order valence-corrected chi connectivity index (χ0v) is 6.50. The molecule has 2 rings (SSSR count). The highest BCUT2D eigenvalue weighted by atomic mass is 16.1. The van der Waals surface area contributed by atoms with Crippen LogP contribution in [0, 0.1) is 0 Å².